The van der Waals surface area contributed by atoms with E-state index in [1.807, 2.05) is 74.5 Å². The number of para-hydroxylation sites is 1. The number of hydrogen-bond acceptors (Lipinski definition) is 2. The number of amides is 1. The number of aromatic nitrogens is 2. The summed E-state index contributed by atoms with van der Waals surface area (Å²) in [7, 11) is 1.81. The third kappa shape index (κ3) is 3.13. The molecule has 0 aliphatic heterocycles. The first-order valence-electron chi connectivity index (χ1n) is 8.20. The van der Waals surface area contributed by atoms with Gasteiger partial charge in [-0.1, -0.05) is 48.5 Å². The SMILES string of the molecule is Cc1c(NC(=O)[C@@H](C)c2ccccc2)c(=O)n(-c2ccccc2)n1C. The number of nitrogens with one attached hydrogen (secondary N) is 1. The van der Waals surface area contributed by atoms with Crippen molar-refractivity contribution < 1.29 is 4.79 Å². The fourth-order valence-electron chi connectivity index (χ4n) is 2.84. The molecule has 0 spiro atoms. The first-order valence-corrected chi connectivity index (χ1v) is 8.20. The van der Waals surface area contributed by atoms with Gasteiger partial charge in [-0.3, -0.25) is 14.3 Å². The van der Waals surface area contributed by atoms with Crippen LogP contribution in [0.15, 0.2) is 65.5 Å². The first kappa shape index (κ1) is 16.8. The van der Waals surface area contributed by atoms with Crippen molar-refractivity contribution in [2.75, 3.05) is 5.32 Å². The van der Waals surface area contributed by atoms with Crippen molar-refractivity contribution in [1.29, 1.82) is 0 Å². The topological polar surface area (TPSA) is 56.0 Å². The number of carbonyl (C=O) groups is 1. The Hall–Kier alpha value is -3.08. The van der Waals surface area contributed by atoms with Crippen LogP contribution < -0.4 is 10.9 Å². The lowest BCUT2D eigenvalue weighted by Gasteiger charge is -2.11. The quantitative estimate of drug-likeness (QED) is 0.796. The molecule has 2 aromatic carbocycles. The van der Waals surface area contributed by atoms with Crippen LogP contribution in [-0.2, 0) is 11.8 Å². The van der Waals surface area contributed by atoms with Gasteiger partial charge in [-0.2, -0.15) is 0 Å². The highest BCUT2D eigenvalue weighted by Crippen LogP contribution is 2.19. The van der Waals surface area contributed by atoms with E-state index < -0.39 is 0 Å². The zero-order chi connectivity index (χ0) is 18.0. The second-order valence-electron chi connectivity index (χ2n) is 6.06. The smallest absolute Gasteiger partial charge is 0.295 e. The summed E-state index contributed by atoms with van der Waals surface area (Å²) in [5.41, 5.74) is 2.47. The molecule has 0 saturated heterocycles. The van der Waals surface area contributed by atoms with E-state index in [0.717, 1.165) is 11.3 Å². The number of carbonyl (C=O) groups excluding carboxylic acids is 1. The van der Waals surface area contributed by atoms with Gasteiger partial charge in [-0.15, -0.1) is 0 Å². The lowest BCUT2D eigenvalue weighted by Crippen LogP contribution is -2.25. The zero-order valence-electron chi connectivity index (χ0n) is 14.6. The monoisotopic (exact) mass is 335 g/mol. The van der Waals surface area contributed by atoms with Crippen molar-refractivity contribution in [3.8, 4) is 5.69 Å². The molecule has 5 nitrogen and oxygen atoms in total. The number of hydrogen-bond donors (Lipinski definition) is 1. The molecule has 0 aliphatic rings. The van der Waals surface area contributed by atoms with Crippen molar-refractivity contribution in [1.82, 2.24) is 9.36 Å². The fourth-order valence-corrected chi connectivity index (χ4v) is 2.84. The van der Waals surface area contributed by atoms with Crippen LogP contribution in [0.4, 0.5) is 5.69 Å². The standard InChI is InChI=1S/C20H21N3O2/c1-14(16-10-6-4-7-11-16)19(24)21-18-15(2)22(3)23(20(18)25)17-12-8-5-9-13-17/h4-14H,1-3H3,(H,21,24)/t14-/m0/s1. The van der Waals surface area contributed by atoms with E-state index in [1.165, 1.54) is 0 Å². The van der Waals surface area contributed by atoms with Crippen molar-refractivity contribution in [2.45, 2.75) is 19.8 Å². The van der Waals surface area contributed by atoms with Crippen LogP contribution in [0.1, 0.15) is 24.1 Å². The molecule has 0 aliphatic carbocycles. The predicted octanol–water partition coefficient (Wildman–Crippen LogP) is 3.23. The van der Waals surface area contributed by atoms with Crippen molar-refractivity contribution in [3.05, 3.63) is 82.3 Å². The lowest BCUT2D eigenvalue weighted by molar-refractivity contribution is -0.117. The maximum Gasteiger partial charge on any atom is 0.295 e. The third-order valence-corrected chi connectivity index (χ3v) is 4.50. The minimum Gasteiger partial charge on any atom is -0.319 e. The van der Waals surface area contributed by atoms with E-state index in [4.69, 9.17) is 0 Å². The summed E-state index contributed by atoms with van der Waals surface area (Å²) in [4.78, 5) is 25.4. The van der Waals surface area contributed by atoms with E-state index in [9.17, 15) is 9.59 Å². The molecule has 0 unspecified atom stereocenters. The van der Waals surface area contributed by atoms with Crippen LogP contribution in [0.2, 0.25) is 0 Å². The molecule has 1 aromatic heterocycles. The molecular weight excluding hydrogens is 314 g/mol. The van der Waals surface area contributed by atoms with Gasteiger partial charge in [0.05, 0.1) is 17.3 Å². The van der Waals surface area contributed by atoms with Gasteiger partial charge in [0, 0.05) is 7.05 Å². The number of anilines is 1. The highest BCUT2D eigenvalue weighted by atomic mass is 16.2. The van der Waals surface area contributed by atoms with Crippen LogP contribution in [-0.4, -0.2) is 15.3 Å². The molecule has 0 fully saturated rings. The van der Waals surface area contributed by atoms with Crippen LogP contribution in [0.3, 0.4) is 0 Å². The molecule has 1 heterocycles. The normalized spacial score (nSPS) is 12.0. The molecule has 0 bridgehead atoms. The van der Waals surface area contributed by atoms with Gasteiger partial charge in [0.15, 0.2) is 0 Å². The Labute approximate surface area is 146 Å². The van der Waals surface area contributed by atoms with E-state index >= 15 is 0 Å². The minimum atomic E-state index is -0.342. The fraction of sp³-hybridized carbons (Fsp3) is 0.200. The highest BCUT2D eigenvalue weighted by molar-refractivity contribution is 5.95. The molecule has 5 heteroatoms. The van der Waals surface area contributed by atoms with Crippen LogP contribution >= 0.6 is 0 Å². The Balaban J connectivity index is 1.94. The largest absolute Gasteiger partial charge is 0.319 e. The first-order chi connectivity index (χ1) is 12.0. The van der Waals surface area contributed by atoms with Crippen molar-refractivity contribution in [3.63, 3.8) is 0 Å². The van der Waals surface area contributed by atoms with E-state index in [2.05, 4.69) is 5.32 Å². The molecule has 1 amide bonds. The van der Waals surface area contributed by atoms with Crippen molar-refractivity contribution in [2.24, 2.45) is 7.05 Å². The molecule has 0 radical (unpaired) electrons. The van der Waals surface area contributed by atoms with Gasteiger partial charge < -0.3 is 5.32 Å². The summed E-state index contributed by atoms with van der Waals surface area (Å²) >= 11 is 0. The molecule has 1 N–H and O–H groups in total. The second-order valence-corrected chi connectivity index (χ2v) is 6.06. The summed E-state index contributed by atoms with van der Waals surface area (Å²) in [6, 6.07) is 18.9. The average molecular weight is 335 g/mol. The van der Waals surface area contributed by atoms with E-state index in [1.54, 1.807) is 16.4 Å². The maximum absolute atomic E-state index is 12.8. The Morgan fingerprint density at radius 3 is 2.16 bits per heavy atom. The molecule has 1 atom stereocenters. The number of nitrogens with zero attached hydrogens (tertiary/aromatic N) is 2. The Kier molecular flexibility index (Phi) is 4.57. The third-order valence-electron chi connectivity index (χ3n) is 4.50. The summed E-state index contributed by atoms with van der Waals surface area (Å²) in [6.45, 7) is 3.66. The van der Waals surface area contributed by atoms with Crippen molar-refractivity contribution >= 4 is 11.6 Å². The summed E-state index contributed by atoms with van der Waals surface area (Å²) in [6.07, 6.45) is 0. The minimum absolute atomic E-state index is 0.197. The Morgan fingerprint density at radius 2 is 1.56 bits per heavy atom. The summed E-state index contributed by atoms with van der Waals surface area (Å²) < 4.78 is 3.30. The van der Waals surface area contributed by atoms with Gasteiger partial charge in [0.1, 0.15) is 5.69 Å². The second kappa shape index (κ2) is 6.81. The molecular formula is C20H21N3O2. The molecule has 3 aromatic rings. The van der Waals surface area contributed by atoms with Gasteiger partial charge in [-0.05, 0) is 31.5 Å². The van der Waals surface area contributed by atoms with Crippen LogP contribution in [0.25, 0.3) is 5.69 Å². The summed E-state index contributed by atoms with van der Waals surface area (Å²) in [5, 5.41) is 2.81. The maximum atomic E-state index is 12.8. The van der Waals surface area contributed by atoms with Gasteiger partial charge >= 0.3 is 0 Å². The van der Waals surface area contributed by atoms with Gasteiger partial charge in [0.2, 0.25) is 5.91 Å². The average Bonchev–Trinajstić information content (AvgIpc) is 2.86. The molecule has 0 saturated carbocycles. The summed E-state index contributed by atoms with van der Waals surface area (Å²) in [5.74, 6) is -0.539. The molecule has 3 rings (SSSR count). The predicted molar refractivity (Wildman–Crippen MR) is 99.2 cm³/mol. The Bertz CT molecular complexity index is 940. The highest BCUT2D eigenvalue weighted by Gasteiger charge is 2.21. The van der Waals surface area contributed by atoms with E-state index in [0.29, 0.717) is 11.4 Å². The lowest BCUT2D eigenvalue weighted by atomic mass is 10.0. The van der Waals surface area contributed by atoms with Crippen LogP contribution in [0.5, 0.6) is 0 Å². The Morgan fingerprint density at radius 1 is 1.00 bits per heavy atom. The van der Waals surface area contributed by atoms with Crippen LogP contribution in [0, 0.1) is 6.92 Å². The van der Waals surface area contributed by atoms with Gasteiger partial charge in [0.25, 0.3) is 5.56 Å². The van der Waals surface area contributed by atoms with Gasteiger partial charge in [-0.25, -0.2) is 4.68 Å². The molecule has 25 heavy (non-hydrogen) atoms. The molecule has 128 valence electrons. The zero-order valence-corrected chi connectivity index (χ0v) is 14.6. The number of benzene rings is 2. The number of rotatable bonds is 4. The van der Waals surface area contributed by atoms with E-state index in [-0.39, 0.29) is 17.4 Å².